The van der Waals surface area contributed by atoms with Gasteiger partial charge < -0.3 is 10.6 Å². The van der Waals surface area contributed by atoms with Crippen LogP contribution in [0.25, 0.3) is 0 Å². The predicted molar refractivity (Wildman–Crippen MR) is 75.8 cm³/mol. The molecule has 1 amide bonds. The van der Waals surface area contributed by atoms with Gasteiger partial charge in [0.05, 0.1) is 5.69 Å². The van der Waals surface area contributed by atoms with Gasteiger partial charge in [0, 0.05) is 18.2 Å². The van der Waals surface area contributed by atoms with Crippen LogP contribution in [0.15, 0.2) is 42.5 Å². The van der Waals surface area contributed by atoms with Crippen molar-refractivity contribution in [1.82, 2.24) is 0 Å². The molecule has 3 nitrogen and oxygen atoms in total. The fourth-order valence-electron chi connectivity index (χ4n) is 2.63. The molecular formula is C16H14F2N2O. The van der Waals surface area contributed by atoms with Crippen molar-refractivity contribution in [3.05, 3.63) is 65.2 Å². The van der Waals surface area contributed by atoms with E-state index in [0.717, 1.165) is 17.7 Å². The number of carbonyl (C=O) groups excluding carboxylic acids is 1. The zero-order valence-corrected chi connectivity index (χ0v) is 11.2. The molecule has 0 saturated heterocycles. The Bertz CT molecular complexity index is 688. The van der Waals surface area contributed by atoms with Crippen LogP contribution >= 0.6 is 0 Å². The molecule has 1 unspecified atom stereocenters. The standard InChI is InChI=1S/C16H14F2N2O/c17-11-8-12(18)14-13(9-11)20(16(21)15(14)19)7-6-10-4-2-1-3-5-10/h1-5,8-9,15H,6-7,19H2. The van der Waals surface area contributed by atoms with E-state index in [2.05, 4.69) is 0 Å². The van der Waals surface area contributed by atoms with Gasteiger partial charge in [-0.1, -0.05) is 30.3 Å². The fraction of sp³-hybridized carbons (Fsp3) is 0.188. The van der Waals surface area contributed by atoms with E-state index in [1.54, 1.807) is 0 Å². The Balaban J connectivity index is 1.89. The Hall–Kier alpha value is -2.27. The fourth-order valence-corrected chi connectivity index (χ4v) is 2.63. The highest BCUT2D eigenvalue weighted by molar-refractivity contribution is 6.04. The summed E-state index contributed by atoms with van der Waals surface area (Å²) in [7, 11) is 0. The van der Waals surface area contributed by atoms with Crippen molar-refractivity contribution in [3.63, 3.8) is 0 Å². The van der Waals surface area contributed by atoms with Crippen LogP contribution < -0.4 is 10.6 Å². The van der Waals surface area contributed by atoms with Gasteiger partial charge in [-0.25, -0.2) is 8.78 Å². The Morgan fingerprint density at radius 1 is 1.14 bits per heavy atom. The molecule has 2 aromatic rings. The third-order valence-corrected chi connectivity index (χ3v) is 3.67. The quantitative estimate of drug-likeness (QED) is 0.943. The second-order valence-corrected chi connectivity index (χ2v) is 5.02. The zero-order valence-electron chi connectivity index (χ0n) is 11.2. The van der Waals surface area contributed by atoms with Gasteiger partial charge in [0.1, 0.15) is 17.7 Å². The van der Waals surface area contributed by atoms with Crippen LogP contribution in [0.1, 0.15) is 17.2 Å². The molecule has 0 saturated carbocycles. The first-order valence-corrected chi connectivity index (χ1v) is 6.68. The summed E-state index contributed by atoms with van der Waals surface area (Å²) in [5, 5.41) is 0. The molecule has 1 heterocycles. The van der Waals surface area contributed by atoms with Crippen molar-refractivity contribution in [2.24, 2.45) is 5.73 Å². The molecule has 3 rings (SSSR count). The molecule has 0 radical (unpaired) electrons. The minimum Gasteiger partial charge on any atom is -0.316 e. The van der Waals surface area contributed by atoms with Crippen LogP contribution in [0.4, 0.5) is 14.5 Å². The summed E-state index contributed by atoms with van der Waals surface area (Å²) in [6.07, 6.45) is 0.594. The Morgan fingerprint density at radius 2 is 1.86 bits per heavy atom. The highest BCUT2D eigenvalue weighted by atomic mass is 19.1. The molecule has 0 fully saturated rings. The number of fused-ring (bicyclic) bond motifs is 1. The van der Waals surface area contributed by atoms with Crippen LogP contribution in [0.5, 0.6) is 0 Å². The largest absolute Gasteiger partial charge is 0.316 e. The van der Waals surface area contributed by atoms with Crippen molar-refractivity contribution < 1.29 is 13.6 Å². The molecule has 108 valence electrons. The molecule has 0 aromatic heterocycles. The summed E-state index contributed by atoms with van der Waals surface area (Å²) < 4.78 is 27.2. The minimum atomic E-state index is -1.06. The van der Waals surface area contributed by atoms with Crippen molar-refractivity contribution in [2.45, 2.75) is 12.5 Å². The lowest BCUT2D eigenvalue weighted by molar-refractivity contribution is -0.119. The van der Waals surface area contributed by atoms with Gasteiger partial charge in [0.2, 0.25) is 5.91 Å². The van der Waals surface area contributed by atoms with Gasteiger partial charge in [-0.2, -0.15) is 0 Å². The van der Waals surface area contributed by atoms with E-state index < -0.39 is 23.6 Å². The number of anilines is 1. The van der Waals surface area contributed by atoms with Gasteiger partial charge in [-0.05, 0) is 18.1 Å². The van der Waals surface area contributed by atoms with Crippen LogP contribution in [0.3, 0.4) is 0 Å². The molecular weight excluding hydrogens is 274 g/mol. The summed E-state index contributed by atoms with van der Waals surface area (Å²) >= 11 is 0. The van der Waals surface area contributed by atoms with E-state index >= 15 is 0 Å². The van der Waals surface area contributed by atoms with E-state index in [9.17, 15) is 13.6 Å². The molecule has 1 aliphatic heterocycles. The van der Waals surface area contributed by atoms with Gasteiger partial charge in [-0.3, -0.25) is 4.79 Å². The number of rotatable bonds is 3. The number of nitrogens with two attached hydrogens (primary N) is 1. The van der Waals surface area contributed by atoms with E-state index in [1.807, 2.05) is 30.3 Å². The summed E-state index contributed by atoms with van der Waals surface area (Å²) in [5.41, 5.74) is 7.11. The summed E-state index contributed by atoms with van der Waals surface area (Å²) in [5.74, 6) is -1.88. The van der Waals surface area contributed by atoms with Crippen LogP contribution in [-0.4, -0.2) is 12.5 Å². The second kappa shape index (κ2) is 5.26. The maximum absolute atomic E-state index is 13.8. The molecule has 1 atom stereocenters. The van der Waals surface area contributed by atoms with Gasteiger partial charge in [0.25, 0.3) is 0 Å². The SMILES string of the molecule is NC1C(=O)N(CCc2ccccc2)c2cc(F)cc(F)c21. The van der Waals surface area contributed by atoms with Crippen LogP contribution in [-0.2, 0) is 11.2 Å². The average Bonchev–Trinajstić information content (AvgIpc) is 2.70. The topological polar surface area (TPSA) is 46.3 Å². The lowest BCUT2D eigenvalue weighted by atomic mass is 10.1. The monoisotopic (exact) mass is 288 g/mol. The minimum absolute atomic E-state index is 0.0782. The van der Waals surface area contributed by atoms with Crippen molar-refractivity contribution >= 4 is 11.6 Å². The van der Waals surface area contributed by atoms with E-state index in [0.29, 0.717) is 13.0 Å². The maximum atomic E-state index is 13.8. The normalized spacial score (nSPS) is 17.2. The van der Waals surface area contributed by atoms with Gasteiger partial charge in [-0.15, -0.1) is 0 Å². The zero-order chi connectivity index (χ0) is 15.0. The second-order valence-electron chi connectivity index (χ2n) is 5.02. The van der Waals surface area contributed by atoms with Crippen LogP contribution in [0.2, 0.25) is 0 Å². The smallest absolute Gasteiger partial charge is 0.248 e. The first-order chi connectivity index (χ1) is 10.1. The molecule has 2 aromatic carbocycles. The number of nitrogens with zero attached hydrogens (tertiary/aromatic N) is 1. The Labute approximate surface area is 121 Å². The van der Waals surface area contributed by atoms with E-state index in [4.69, 9.17) is 5.73 Å². The summed E-state index contributed by atoms with van der Waals surface area (Å²) in [6, 6.07) is 10.4. The number of benzene rings is 2. The van der Waals surface area contributed by atoms with Crippen molar-refractivity contribution in [3.8, 4) is 0 Å². The molecule has 1 aliphatic rings. The van der Waals surface area contributed by atoms with E-state index in [1.165, 1.54) is 4.90 Å². The Morgan fingerprint density at radius 3 is 2.57 bits per heavy atom. The van der Waals surface area contributed by atoms with E-state index in [-0.39, 0.29) is 11.3 Å². The summed E-state index contributed by atoms with van der Waals surface area (Å²) in [4.78, 5) is 13.5. The molecule has 0 spiro atoms. The number of carbonyl (C=O) groups is 1. The van der Waals surface area contributed by atoms with Gasteiger partial charge in [0.15, 0.2) is 0 Å². The highest BCUT2D eigenvalue weighted by Gasteiger charge is 2.37. The number of halogens is 2. The lowest BCUT2D eigenvalue weighted by Crippen LogP contribution is -2.33. The first kappa shape index (κ1) is 13.7. The molecule has 2 N–H and O–H groups in total. The number of hydrogen-bond donors (Lipinski definition) is 1. The third-order valence-electron chi connectivity index (χ3n) is 3.67. The van der Waals surface area contributed by atoms with Crippen molar-refractivity contribution in [2.75, 3.05) is 11.4 Å². The van der Waals surface area contributed by atoms with Gasteiger partial charge >= 0.3 is 0 Å². The molecule has 0 bridgehead atoms. The van der Waals surface area contributed by atoms with Crippen LogP contribution in [0, 0.1) is 11.6 Å². The molecule has 0 aliphatic carbocycles. The predicted octanol–water partition coefficient (Wildman–Crippen LogP) is 2.55. The van der Waals surface area contributed by atoms with Crippen molar-refractivity contribution in [1.29, 1.82) is 0 Å². The Kier molecular flexibility index (Phi) is 3.43. The lowest BCUT2D eigenvalue weighted by Gasteiger charge is -2.17. The molecule has 21 heavy (non-hydrogen) atoms. The third kappa shape index (κ3) is 2.40. The average molecular weight is 288 g/mol. The first-order valence-electron chi connectivity index (χ1n) is 6.68. The molecule has 5 heteroatoms. The number of hydrogen-bond acceptors (Lipinski definition) is 2. The maximum Gasteiger partial charge on any atom is 0.248 e. The number of amides is 1. The summed E-state index contributed by atoms with van der Waals surface area (Å²) in [6.45, 7) is 0.340. The highest BCUT2D eigenvalue weighted by Crippen LogP contribution is 2.37.